The van der Waals surface area contributed by atoms with E-state index < -0.39 is 0 Å². The van der Waals surface area contributed by atoms with E-state index in [0.717, 1.165) is 48.1 Å². The monoisotopic (exact) mass is 395 g/mol. The van der Waals surface area contributed by atoms with Crippen molar-refractivity contribution in [1.82, 2.24) is 9.97 Å². The molecule has 0 saturated carbocycles. The van der Waals surface area contributed by atoms with Gasteiger partial charge in [0.1, 0.15) is 11.6 Å². The van der Waals surface area contributed by atoms with E-state index >= 15 is 0 Å². The number of para-hydroxylation sites is 1. The van der Waals surface area contributed by atoms with Crippen LogP contribution in [-0.4, -0.2) is 27.7 Å². The number of rotatable bonds is 4. The summed E-state index contributed by atoms with van der Waals surface area (Å²) in [5.74, 6) is 1.75. The Balaban J connectivity index is 1.63. The first-order chi connectivity index (χ1) is 14.7. The van der Waals surface area contributed by atoms with E-state index in [0.29, 0.717) is 17.4 Å². The van der Waals surface area contributed by atoms with Gasteiger partial charge in [-0.2, -0.15) is 0 Å². The number of aromatic nitrogens is 2. The van der Waals surface area contributed by atoms with E-state index in [-0.39, 0.29) is 5.75 Å². The SMILES string of the molecule is Cc1ccc2c(N3CCCC3Cc3ccccc3)nc(-c3ccccc3O)nc2c1. The van der Waals surface area contributed by atoms with Crippen LogP contribution >= 0.6 is 0 Å². The van der Waals surface area contributed by atoms with Crippen LogP contribution in [0, 0.1) is 6.92 Å². The summed E-state index contributed by atoms with van der Waals surface area (Å²) in [5, 5.41) is 11.5. The summed E-state index contributed by atoms with van der Waals surface area (Å²) in [6.07, 6.45) is 3.31. The van der Waals surface area contributed by atoms with Gasteiger partial charge in [0, 0.05) is 18.0 Å². The molecule has 1 fully saturated rings. The highest BCUT2D eigenvalue weighted by molar-refractivity contribution is 5.92. The molecule has 0 spiro atoms. The summed E-state index contributed by atoms with van der Waals surface area (Å²) in [5.41, 5.74) is 4.10. The summed E-state index contributed by atoms with van der Waals surface area (Å²) in [7, 11) is 0. The minimum atomic E-state index is 0.206. The van der Waals surface area contributed by atoms with Gasteiger partial charge >= 0.3 is 0 Å². The van der Waals surface area contributed by atoms with E-state index in [1.54, 1.807) is 6.07 Å². The fraction of sp³-hybridized carbons (Fsp3) is 0.231. The molecule has 4 nitrogen and oxygen atoms in total. The van der Waals surface area contributed by atoms with E-state index in [2.05, 4.69) is 60.4 Å². The molecular formula is C26H25N3O. The van der Waals surface area contributed by atoms with Gasteiger partial charge in [0.25, 0.3) is 0 Å². The molecule has 150 valence electrons. The Morgan fingerprint density at radius 1 is 0.967 bits per heavy atom. The zero-order valence-corrected chi connectivity index (χ0v) is 17.1. The molecule has 1 aromatic heterocycles. The number of benzene rings is 3. The molecule has 4 aromatic rings. The van der Waals surface area contributed by atoms with Gasteiger partial charge in [0.15, 0.2) is 5.82 Å². The van der Waals surface area contributed by atoms with Gasteiger partial charge in [-0.05, 0) is 61.6 Å². The van der Waals surface area contributed by atoms with Crippen LogP contribution < -0.4 is 4.90 Å². The van der Waals surface area contributed by atoms with Gasteiger partial charge in [-0.15, -0.1) is 0 Å². The van der Waals surface area contributed by atoms with Crippen molar-refractivity contribution in [3.05, 3.63) is 83.9 Å². The van der Waals surface area contributed by atoms with Crippen LogP contribution in [0.3, 0.4) is 0 Å². The molecule has 4 heteroatoms. The second-order valence-corrected chi connectivity index (χ2v) is 8.09. The Labute approximate surface area is 176 Å². The fourth-order valence-electron chi connectivity index (χ4n) is 4.44. The molecule has 1 aliphatic rings. The van der Waals surface area contributed by atoms with Gasteiger partial charge in [0.05, 0.1) is 11.1 Å². The average Bonchev–Trinajstić information content (AvgIpc) is 3.21. The lowest BCUT2D eigenvalue weighted by molar-refractivity contribution is 0.477. The van der Waals surface area contributed by atoms with Gasteiger partial charge in [-0.25, -0.2) is 9.97 Å². The minimum absolute atomic E-state index is 0.206. The summed E-state index contributed by atoms with van der Waals surface area (Å²) in [4.78, 5) is 12.2. The molecular weight excluding hydrogens is 370 g/mol. The summed E-state index contributed by atoms with van der Waals surface area (Å²) in [6, 6.07) is 24.7. The van der Waals surface area contributed by atoms with E-state index in [1.165, 1.54) is 5.56 Å². The van der Waals surface area contributed by atoms with Crippen LogP contribution in [0.2, 0.25) is 0 Å². The molecule has 3 aromatic carbocycles. The van der Waals surface area contributed by atoms with Crippen LogP contribution in [0.15, 0.2) is 72.8 Å². The van der Waals surface area contributed by atoms with Crippen LogP contribution in [0.25, 0.3) is 22.3 Å². The first-order valence-corrected chi connectivity index (χ1v) is 10.6. The highest BCUT2D eigenvalue weighted by atomic mass is 16.3. The third kappa shape index (κ3) is 3.50. The van der Waals surface area contributed by atoms with Crippen molar-refractivity contribution in [2.45, 2.75) is 32.2 Å². The normalized spacial score (nSPS) is 16.3. The first kappa shape index (κ1) is 18.6. The third-order valence-corrected chi connectivity index (χ3v) is 5.94. The molecule has 1 saturated heterocycles. The fourth-order valence-corrected chi connectivity index (χ4v) is 4.44. The molecule has 0 bridgehead atoms. The molecule has 1 atom stereocenters. The van der Waals surface area contributed by atoms with Crippen molar-refractivity contribution >= 4 is 16.7 Å². The molecule has 1 aliphatic heterocycles. The lowest BCUT2D eigenvalue weighted by Crippen LogP contribution is -2.32. The quantitative estimate of drug-likeness (QED) is 0.494. The molecule has 2 heterocycles. The third-order valence-electron chi connectivity index (χ3n) is 5.94. The zero-order valence-electron chi connectivity index (χ0n) is 17.1. The van der Waals surface area contributed by atoms with Gasteiger partial charge in [-0.1, -0.05) is 48.5 Å². The van der Waals surface area contributed by atoms with Crippen molar-refractivity contribution in [2.24, 2.45) is 0 Å². The lowest BCUT2D eigenvalue weighted by atomic mass is 10.0. The van der Waals surface area contributed by atoms with E-state index in [1.807, 2.05) is 18.2 Å². The number of anilines is 1. The predicted molar refractivity (Wildman–Crippen MR) is 122 cm³/mol. The molecule has 5 rings (SSSR count). The molecule has 0 radical (unpaired) electrons. The number of hydrogen-bond donors (Lipinski definition) is 1. The van der Waals surface area contributed by atoms with E-state index in [4.69, 9.17) is 9.97 Å². The van der Waals surface area contributed by atoms with Crippen molar-refractivity contribution in [1.29, 1.82) is 0 Å². The Kier molecular flexibility index (Phi) is 4.83. The largest absolute Gasteiger partial charge is 0.507 e. The van der Waals surface area contributed by atoms with Crippen molar-refractivity contribution in [3.63, 3.8) is 0 Å². The second kappa shape index (κ2) is 7.79. The number of aryl methyl sites for hydroxylation is 1. The number of phenolic OH excluding ortho intramolecular Hbond substituents is 1. The maximum absolute atomic E-state index is 10.4. The highest BCUT2D eigenvalue weighted by Crippen LogP contribution is 2.35. The summed E-state index contributed by atoms with van der Waals surface area (Å²) < 4.78 is 0. The van der Waals surface area contributed by atoms with Gasteiger partial charge in [-0.3, -0.25) is 0 Å². The van der Waals surface area contributed by atoms with Crippen LogP contribution in [-0.2, 0) is 6.42 Å². The standard InChI is InChI=1S/C26H25N3O/c1-18-13-14-21-23(16-18)27-25(22-11-5-6-12-24(22)30)28-26(21)29-15-7-10-20(29)17-19-8-3-2-4-9-19/h2-6,8-9,11-14,16,20,30H,7,10,15,17H2,1H3. The minimum Gasteiger partial charge on any atom is -0.507 e. The average molecular weight is 396 g/mol. The van der Waals surface area contributed by atoms with Crippen LogP contribution in [0.4, 0.5) is 5.82 Å². The van der Waals surface area contributed by atoms with Gasteiger partial charge < -0.3 is 10.0 Å². The lowest BCUT2D eigenvalue weighted by Gasteiger charge is -2.27. The van der Waals surface area contributed by atoms with Crippen molar-refractivity contribution in [3.8, 4) is 17.1 Å². The second-order valence-electron chi connectivity index (χ2n) is 8.09. The summed E-state index contributed by atoms with van der Waals surface area (Å²) in [6.45, 7) is 3.06. The Bertz CT molecular complexity index is 1190. The first-order valence-electron chi connectivity index (χ1n) is 10.6. The molecule has 30 heavy (non-hydrogen) atoms. The van der Waals surface area contributed by atoms with Crippen LogP contribution in [0.1, 0.15) is 24.0 Å². The number of fused-ring (bicyclic) bond motifs is 1. The summed E-state index contributed by atoms with van der Waals surface area (Å²) >= 11 is 0. The number of aromatic hydroxyl groups is 1. The Hall–Kier alpha value is -3.40. The number of nitrogens with zero attached hydrogens (tertiary/aromatic N) is 3. The molecule has 1 N–H and O–H groups in total. The van der Waals surface area contributed by atoms with Crippen molar-refractivity contribution < 1.29 is 5.11 Å². The molecule has 1 unspecified atom stereocenters. The van der Waals surface area contributed by atoms with Crippen molar-refractivity contribution in [2.75, 3.05) is 11.4 Å². The molecule has 0 amide bonds. The van der Waals surface area contributed by atoms with Gasteiger partial charge in [0.2, 0.25) is 0 Å². The Morgan fingerprint density at radius 2 is 1.77 bits per heavy atom. The molecule has 0 aliphatic carbocycles. The number of phenols is 1. The number of hydrogen-bond acceptors (Lipinski definition) is 4. The van der Waals surface area contributed by atoms with E-state index in [9.17, 15) is 5.11 Å². The topological polar surface area (TPSA) is 49.2 Å². The van der Waals surface area contributed by atoms with Crippen LogP contribution in [0.5, 0.6) is 5.75 Å². The maximum Gasteiger partial charge on any atom is 0.165 e. The maximum atomic E-state index is 10.4. The Morgan fingerprint density at radius 3 is 2.60 bits per heavy atom. The highest BCUT2D eigenvalue weighted by Gasteiger charge is 2.28. The predicted octanol–water partition coefficient (Wildman–Crippen LogP) is 5.52. The zero-order chi connectivity index (χ0) is 20.5. The smallest absolute Gasteiger partial charge is 0.165 e.